The average molecular weight is 553 g/mol. The molecular weight excluding hydrogens is 520 g/mol. The van der Waals surface area contributed by atoms with Gasteiger partial charge in [-0.15, -0.1) is 0 Å². The molecule has 2 heterocycles. The minimum Gasteiger partial charge on any atom is -0.504 e. The molecule has 8 heteroatoms. The second-order valence-corrected chi connectivity index (χ2v) is 11.4. The summed E-state index contributed by atoms with van der Waals surface area (Å²) >= 11 is 0. The summed E-state index contributed by atoms with van der Waals surface area (Å²) in [7, 11) is 1.75. The molecule has 8 nitrogen and oxygen atoms in total. The Morgan fingerprint density at radius 1 is 0.976 bits per heavy atom. The van der Waals surface area contributed by atoms with Gasteiger partial charge >= 0.3 is 12.1 Å². The number of esters is 1. The van der Waals surface area contributed by atoms with E-state index in [2.05, 4.69) is 4.99 Å². The second kappa shape index (κ2) is 9.65. The molecule has 2 fully saturated rings. The number of likely N-dealkylation sites (tertiary alicyclic amines) is 1. The predicted molar refractivity (Wildman–Crippen MR) is 151 cm³/mol. The number of phenolic OH excluding ortho intramolecular Hbond substituents is 1. The normalized spacial score (nSPS) is 28.0. The van der Waals surface area contributed by atoms with E-state index in [1.807, 2.05) is 66.7 Å². The molecule has 0 aromatic heterocycles. The van der Waals surface area contributed by atoms with Gasteiger partial charge in [0.25, 0.3) is 0 Å². The largest absolute Gasteiger partial charge is 0.504 e. The van der Waals surface area contributed by atoms with Gasteiger partial charge in [0.1, 0.15) is 24.7 Å². The molecule has 0 radical (unpaired) electrons. The van der Waals surface area contributed by atoms with Crippen LogP contribution in [0.5, 0.6) is 11.5 Å². The molecule has 2 bridgehead atoms. The highest BCUT2D eigenvalue weighted by atomic mass is 16.6. The van der Waals surface area contributed by atoms with Crippen LogP contribution in [0.25, 0.3) is 0 Å². The Balaban J connectivity index is 1.32. The highest BCUT2D eigenvalue weighted by Crippen LogP contribution is 2.69. The van der Waals surface area contributed by atoms with E-state index in [9.17, 15) is 14.7 Å². The first-order chi connectivity index (χ1) is 20.0. The molecule has 1 N–H and O–H groups in total. The number of rotatable bonds is 5. The summed E-state index contributed by atoms with van der Waals surface area (Å²) in [6.45, 7) is 0.659. The van der Waals surface area contributed by atoms with E-state index in [4.69, 9.17) is 14.2 Å². The smallest absolute Gasteiger partial charge is 0.410 e. The van der Waals surface area contributed by atoms with Crippen LogP contribution in [0.1, 0.15) is 41.5 Å². The number of aliphatic imine (C=N–C) groups is 1. The maximum Gasteiger partial charge on any atom is 0.410 e. The van der Waals surface area contributed by atoms with Gasteiger partial charge in [0.05, 0.1) is 17.2 Å². The zero-order chi connectivity index (χ0) is 28.2. The summed E-state index contributed by atoms with van der Waals surface area (Å²) in [6, 6.07) is 22.2. The van der Waals surface area contributed by atoms with Gasteiger partial charge in [-0.05, 0) is 48.4 Å². The fourth-order valence-corrected chi connectivity index (χ4v) is 7.91. The number of nitrogens with zero attached hydrogens (tertiary/aromatic N) is 2. The maximum absolute atomic E-state index is 14.6. The quantitative estimate of drug-likeness (QED) is 0.450. The number of aromatic hydroxyl groups is 1. The van der Waals surface area contributed by atoms with Gasteiger partial charge in [-0.25, -0.2) is 4.79 Å². The molecule has 7 rings (SSSR count). The van der Waals surface area contributed by atoms with Crippen molar-refractivity contribution in [3.8, 4) is 11.5 Å². The molecule has 4 atom stereocenters. The molecule has 2 aliphatic heterocycles. The standard InChI is InChI=1S/C33H32N2O6/c1-34-24-14-15-32(30(37)39-19-21-8-4-2-5-9-21)26-18-23-12-13-25(36)28-27(23)33(32,29(24)41-28)16-17-35(26)31(38)40-20-22-10-6-3-7-11-22/h2-13,26,29,36H,14-20H2,1H3/b34-24+. The lowest BCUT2D eigenvalue weighted by Crippen LogP contribution is -2.75. The van der Waals surface area contributed by atoms with Crippen molar-refractivity contribution in [3.05, 3.63) is 95.1 Å². The monoisotopic (exact) mass is 552 g/mol. The number of carbonyl (C=O) groups excluding carboxylic acids is 2. The van der Waals surface area contributed by atoms with Gasteiger partial charge in [0.2, 0.25) is 0 Å². The molecule has 2 aliphatic carbocycles. The van der Waals surface area contributed by atoms with E-state index in [1.54, 1.807) is 18.0 Å². The Morgan fingerprint density at radius 3 is 2.34 bits per heavy atom. The van der Waals surface area contributed by atoms with Crippen LogP contribution in [-0.2, 0) is 39.3 Å². The van der Waals surface area contributed by atoms with Crippen molar-refractivity contribution in [1.82, 2.24) is 4.90 Å². The maximum atomic E-state index is 14.6. The molecule has 1 spiro atoms. The third kappa shape index (κ3) is 3.62. The van der Waals surface area contributed by atoms with Crippen LogP contribution in [0.3, 0.4) is 0 Å². The first-order valence-corrected chi connectivity index (χ1v) is 14.2. The fraction of sp³-hybridized carbons (Fsp3) is 0.364. The van der Waals surface area contributed by atoms with Crippen LogP contribution in [-0.4, -0.2) is 53.5 Å². The molecule has 4 aliphatic rings. The first-order valence-electron chi connectivity index (χ1n) is 14.2. The third-order valence-corrected chi connectivity index (χ3v) is 9.64. The summed E-state index contributed by atoms with van der Waals surface area (Å²) in [5.41, 5.74) is 2.56. The number of hydrogen-bond acceptors (Lipinski definition) is 7. The lowest BCUT2D eigenvalue weighted by atomic mass is 9.43. The highest BCUT2D eigenvalue weighted by molar-refractivity contribution is 5.98. The number of benzene rings is 3. The van der Waals surface area contributed by atoms with Gasteiger partial charge in [0.15, 0.2) is 11.5 Å². The number of ether oxygens (including phenoxy) is 3. The lowest BCUT2D eigenvalue weighted by molar-refractivity contribution is -0.181. The number of phenols is 1. The van der Waals surface area contributed by atoms with E-state index in [-0.39, 0.29) is 24.9 Å². The van der Waals surface area contributed by atoms with Crippen molar-refractivity contribution in [2.24, 2.45) is 10.4 Å². The van der Waals surface area contributed by atoms with Gasteiger partial charge < -0.3 is 24.2 Å². The van der Waals surface area contributed by atoms with Crippen molar-refractivity contribution in [2.75, 3.05) is 13.6 Å². The van der Waals surface area contributed by atoms with Crippen molar-refractivity contribution in [2.45, 2.75) is 56.5 Å². The molecule has 3 aromatic rings. The molecule has 1 amide bonds. The van der Waals surface area contributed by atoms with Crippen molar-refractivity contribution in [3.63, 3.8) is 0 Å². The molecule has 1 saturated heterocycles. The summed E-state index contributed by atoms with van der Waals surface area (Å²) in [5, 5.41) is 10.9. The Bertz CT molecular complexity index is 1540. The van der Waals surface area contributed by atoms with Gasteiger partial charge in [0, 0.05) is 19.2 Å². The molecule has 4 unspecified atom stereocenters. The average Bonchev–Trinajstić information content (AvgIpc) is 3.36. The summed E-state index contributed by atoms with van der Waals surface area (Å²) < 4.78 is 18.5. The topological polar surface area (TPSA) is 97.7 Å². The van der Waals surface area contributed by atoms with E-state index >= 15 is 0 Å². The third-order valence-electron chi connectivity index (χ3n) is 9.64. The summed E-state index contributed by atoms with van der Waals surface area (Å²) in [6.07, 6.45) is 0.887. The predicted octanol–water partition coefficient (Wildman–Crippen LogP) is 4.95. The van der Waals surface area contributed by atoms with Crippen molar-refractivity contribution in [1.29, 1.82) is 0 Å². The van der Waals surface area contributed by atoms with Crippen LogP contribution in [0.15, 0.2) is 77.8 Å². The first kappa shape index (κ1) is 25.6. The summed E-state index contributed by atoms with van der Waals surface area (Å²) in [5.74, 6) is 0.129. The molecule has 3 aromatic carbocycles. The van der Waals surface area contributed by atoms with Crippen LogP contribution < -0.4 is 4.74 Å². The Kier molecular flexibility index (Phi) is 6.03. The van der Waals surface area contributed by atoms with Gasteiger partial charge in [-0.2, -0.15) is 0 Å². The Hall–Kier alpha value is -4.33. The van der Waals surface area contributed by atoms with Crippen LogP contribution in [0, 0.1) is 5.41 Å². The lowest BCUT2D eigenvalue weighted by Gasteiger charge is -2.63. The van der Waals surface area contributed by atoms with E-state index in [1.165, 1.54) is 0 Å². The van der Waals surface area contributed by atoms with Gasteiger partial charge in [-0.1, -0.05) is 66.7 Å². The van der Waals surface area contributed by atoms with E-state index in [0.717, 1.165) is 28.0 Å². The van der Waals surface area contributed by atoms with Crippen molar-refractivity contribution < 1.29 is 28.9 Å². The SMILES string of the molecule is C/N=C1\CCC2(C(=O)OCc3ccccc3)C3Cc4ccc(O)c5c4C2(CCN3C(=O)OCc2ccccc2)C1O5. The summed E-state index contributed by atoms with van der Waals surface area (Å²) in [4.78, 5) is 34.6. The Labute approximate surface area is 238 Å². The minimum atomic E-state index is -1.10. The zero-order valence-corrected chi connectivity index (χ0v) is 22.9. The van der Waals surface area contributed by atoms with E-state index in [0.29, 0.717) is 38.0 Å². The van der Waals surface area contributed by atoms with E-state index < -0.39 is 29.1 Å². The number of hydrogen-bond donors (Lipinski definition) is 1. The molecule has 210 valence electrons. The second-order valence-electron chi connectivity index (χ2n) is 11.4. The number of piperidine rings is 1. The van der Waals surface area contributed by atoms with Crippen molar-refractivity contribution >= 4 is 17.8 Å². The number of carbonyl (C=O) groups is 2. The highest BCUT2D eigenvalue weighted by Gasteiger charge is 2.76. The Morgan fingerprint density at radius 2 is 1.66 bits per heavy atom. The molecular formula is C33H32N2O6. The van der Waals surface area contributed by atoms with Crippen LogP contribution >= 0.6 is 0 Å². The number of amides is 1. The zero-order valence-electron chi connectivity index (χ0n) is 22.9. The fourth-order valence-electron chi connectivity index (χ4n) is 7.91. The van der Waals surface area contributed by atoms with Crippen LogP contribution in [0.2, 0.25) is 0 Å². The van der Waals surface area contributed by atoms with Gasteiger partial charge in [-0.3, -0.25) is 9.79 Å². The minimum absolute atomic E-state index is 0.0534. The molecule has 41 heavy (non-hydrogen) atoms. The van der Waals surface area contributed by atoms with Crippen LogP contribution in [0.4, 0.5) is 4.79 Å². The molecule has 1 saturated carbocycles.